The molecule has 2 rings (SSSR count). The molecule has 0 saturated carbocycles. The first-order valence-electron chi connectivity index (χ1n) is 6.48. The molecule has 0 amide bonds. The van der Waals surface area contributed by atoms with Crippen molar-refractivity contribution in [3.05, 3.63) is 52.3 Å². The predicted octanol–water partition coefficient (Wildman–Crippen LogP) is 4.78. The lowest BCUT2D eigenvalue weighted by Crippen LogP contribution is -2.08. The fourth-order valence-corrected chi connectivity index (χ4v) is 2.42. The minimum Gasteiger partial charge on any atom is -0.495 e. The number of hydrogen-bond donors (Lipinski definition) is 1. The molecule has 5 heteroatoms. The van der Waals surface area contributed by atoms with Gasteiger partial charge in [0.05, 0.1) is 19.9 Å². The van der Waals surface area contributed by atoms with Crippen LogP contribution in [0.4, 0.5) is 10.1 Å². The highest BCUT2D eigenvalue weighted by Gasteiger charge is 2.12. The molecule has 112 valence electrons. The van der Waals surface area contributed by atoms with Gasteiger partial charge in [-0.1, -0.05) is 22.0 Å². The lowest BCUT2D eigenvalue weighted by atomic mass is 10.1. The number of hydrogen-bond acceptors (Lipinski definition) is 3. The summed E-state index contributed by atoms with van der Waals surface area (Å²) in [5, 5.41) is 3.32. The predicted molar refractivity (Wildman–Crippen MR) is 85.7 cm³/mol. The summed E-state index contributed by atoms with van der Waals surface area (Å²) in [7, 11) is 3.07. The van der Waals surface area contributed by atoms with Crippen molar-refractivity contribution in [2.75, 3.05) is 19.5 Å². The summed E-state index contributed by atoms with van der Waals surface area (Å²) in [4.78, 5) is 0. The monoisotopic (exact) mass is 353 g/mol. The molecule has 3 nitrogen and oxygen atoms in total. The van der Waals surface area contributed by atoms with Crippen LogP contribution in [0.3, 0.4) is 0 Å². The summed E-state index contributed by atoms with van der Waals surface area (Å²) < 4.78 is 25.0. The van der Waals surface area contributed by atoms with Gasteiger partial charge in [0.2, 0.25) is 0 Å². The molecule has 0 heterocycles. The molecule has 2 aromatic carbocycles. The lowest BCUT2D eigenvalue weighted by Gasteiger charge is -2.18. The molecule has 1 unspecified atom stereocenters. The summed E-state index contributed by atoms with van der Waals surface area (Å²) in [6.45, 7) is 1.96. The number of ether oxygens (including phenoxy) is 2. The second-order valence-electron chi connectivity index (χ2n) is 4.60. The highest BCUT2D eigenvalue weighted by atomic mass is 79.9. The largest absolute Gasteiger partial charge is 0.495 e. The van der Waals surface area contributed by atoms with E-state index in [1.165, 1.54) is 13.2 Å². The van der Waals surface area contributed by atoms with Crippen LogP contribution >= 0.6 is 15.9 Å². The van der Waals surface area contributed by atoms with Crippen molar-refractivity contribution in [1.29, 1.82) is 0 Å². The summed E-state index contributed by atoms with van der Waals surface area (Å²) in [6, 6.07) is 10.6. The van der Waals surface area contributed by atoms with E-state index >= 15 is 0 Å². The summed E-state index contributed by atoms with van der Waals surface area (Å²) in [5.41, 5.74) is 1.67. The van der Waals surface area contributed by atoms with Crippen LogP contribution in [0.1, 0.15) is 18.5 Å². The van der Waals surface area contributed by atoms with E-state index in [4.69, 9.17) is 9.47 Å². The molecule has 0 aliphatic heterocycles. The Morgan fingerprint density at radius 3 is 2.33 bits per heavy atom. The van der Waals surface area contributed by atoms with E-state index in [1.807, 2.05) is 31.2 Å². The molecule has 0 fully saturated rings. The molecule has 0 radical (unpaired) electrons. The van der Waals surface area contributed by atoms with E-state index in [9.17, 15) is 4.39 Å². The quantitative estimate of drug-likeness (QED) is 0.838. The van der Waals surface area contributed by atoms with Crippen LogP contribution in [0.2, 0.25) is 0 Å². The van der Waals surface area contributed by atoms with Crippen molar-refractivity contribution in [2.24, 2.45) is 0 Å². The van der Waals surface area contributed by atoms with Gasteiger partial charge in [0.1, 0.15) is 5.75 Å². The van der Waals surface area contributed by atoms with Crippen LogP contribution in [0, 0.1) is 5.82 Å². The molecule has 0 aliphatic rings. The fourth-order valence-electron chi connectivity index (χ4n) is 2.06. The molecule has 1 atom stereocenters. The highest BCUT2D eigenvalue weighted by molar-refractivity contribution is 9.10. The van der Waals surface area contributed by atoms with Crippen molar-refractivity contribution >= 4 is 21.6 Å². The first-order chi connectivity index (χ1) is 10.0. The second-order valence-corrected chi connectivity index (χ2v) is 5.52. The first-order valence-corrected chi connectivity index (χ1v) is 7.28. The van der Waals surface area contributed by atoms with Gasteiger partial charge in [-0.05, 0) is 42.8 Å². The molecule has 1 N–H and O–H groups in total. The molecule has 0 bridgehead atoms. The molecule has 2 aromatic rings. The molecular formula is C16H17BrFNO2. The Bertz CT molecular complexity index is 634. The van der Waals surface area contributed by atoms with Crippen LogP contribution < -0.4 is 14.8 Å². The van der Waals surface area contributed by atoms with Gasteiger partial charge < -0.3 is 14.8 Å². The summed E-state index contributed by atoms with van der Waals surface area (Å²) in [6.07, 6.45) is 0. The molecule has 21 heavy (non-hydrogen) atoms. The Hall–Kier alpha value is -1.75. The molecule has 0 aliphatic carbocycles. The topological polar surface area (TPSA) is 30.5 Å². The van der Waals surface area contributed by atoms with E-state index in [1.54, 1.807) is 13.2 Å². The van der Waals surface area contributed by atoms with Crippen molar-refractivity contribution < 1.29 is 13.9 Å². The van der Waals surface area contributed by atoms with Crippen LogP contribution in [0.5, 0.6) is 11.5 Å². The molecule has 0 aromatic heterocycles. The van der Waals surface area contributed by atoms with Crippen molar-refractivity contribution in [2.45, 2.75) is 13.0 Å². The van der Waals surface area contributed by atoms with E-state index in [0.717, 1.165) is 21.5 Å². The zero-order valence-electron chi connectivity index (χ0n) is 12.1. The van der Waals surface area contributed by atoms with E-state index in [2.05, 4.69) is 21.2 Å². The average Bonchev–Trinajstić information content (AvgIpc) is 2.47. The standard InChI is InChI=1S/C16H17BrFNO2/c1-10(11-4-6-15(20-2)13(18)8-11)19-14-9-12(17)5-7-16(14)21-3/h4-10,19H,1-3H3. The third-order valence-corrected chi connectivity index (χ3v) is 3.70. The number of nitrogens with one attached hydrogen (secondary N) is 1. The number of rotatable bonds is 5. The minimum absolute atomic E-state index is 0.0754. The van der Waals surface area contributed by atoms with Gasteiger partial charge >= 0.3 is 0 Å². The third kappa shape index (κ3) is 3.67. The third-order valence-electron chi connectivity index (χ3n) is 3.21. The smallest absolute Gasteiger partial charge is 0.165 e. The summed E-state index contributed by atoms with van der Waals surface area (Å²) in [5.74, 6) is 0.606. The van der Waals surface area contributed by atoms with Crippen LogP contribution in [-0.4, -0.2) is 14.2 Å². The van der Waals surface area contributed by atoms with Gasteiger partial charge in [0.25, 0.3) is 0 Å². The van der Waals surface area contributed by atoms with Gasteiger partial charge in [0.15, 0.2) is 11.6 Å². The van der Waals surface area contributed by atoms with Crippen molar-refractivity contribution in [3.63, 3.8) is 0 Å². The van der Waals surface area contributed by atoms with E-state index < -0.39 is 0 Å². The Morgan fingerprint density at radius 2 is 1.71 bits per heavy atom. The summed E-state index contributed by atoms with van der Waals surface area (Å²) >= 11 is 3.43. The number of benzene rings is 2. The Kier molecular flexibility index (Phi) is 5.07. The number of anilines is 1. The van der Waals surface area contributed by atoms with E-state index in [0.29, 0.717) is 0 Å². The first kappa shape index (κ1) is 15.6. The second kappa shape index (κ2) is 6.80. The normalized spacial score (nSPS) is 11.9. The average molecular weight is 354 g/mol. The van der Waals surface area contributed by atoms with Gasteiger partial charge in [-0.25, -0.2) is 4.39 Å². The van der Waals surface area contributed by atoms with Crippen LogP contribution in [0.25, 0.3) is 0 Å². The lowest BCUT2D eigenvalue weighted by molar-refractivity contribution is 0.386. The zero-order chi connectivity index (χ0) is 15.4. The fraction of sp³-hybridized carbons (Fsp3) is 0.250. The van der Waals surface area contributed by atoms with Gasteiger partial charge in [0, 0.05) is 10.5 Å². The zero-order valence-corrected chi connectivity index (χ0v) is 13.7. The maximum Gasteiger partial charge on any atom is 0.165 e. The maximum absolute atomic E-state index is 13.8. The van der Waals surface area contributed by atoms with Gasteiger partial charge in [-0.2, -0.15) is 0 Å². The number of methoxy groups -OCH3 is 2. The Morgan fingerprint density at radius 1 is 1.05 bits per heavy atom. The molecular weight excluding hydrogens is 337 g/mol. The van der Waals surface area contributed by atoms with Gasteiger partial charge in [-0.3, -0.25) is 0 Å². The Labute approximate surface area is 132 Å². The van der Waals surface area contributed by atoms with Crippen molar-refractivity contribution in [1.82, 2.24) is 0 Å². The minimum atomic E-state index is -0.371. The Balaban J connectivity index is 2.23. The SMILES string of the molecule is COc1ccc(C(C)Nc2cc(Br)ccc2OC)cc1F. The molecule has 0 spiro atoms. The van der Waals surface area contributed by atoms with Crippen molar-refractivity contribution in [3.8, 4) is 11.5 Å². The maximum atomic E-state index is 13.8. The molecule has 0 saturated heterocycles. The van der Waals surface area contributed by atoms with E-state index in [-0.39, 0.29) is 17.6 Å². The van der Waals surface area contributed by atoms with Crippen LogP contribution in [-0.2, 0) is 0 Å². The van der Waals surface area contributed by atoms with Gasteiger partial charge in [-0.15, -0.1) is 0 Å². The number of halogens is 2. The highest BCUT2D eigenvalue weighted by Crippen LogP contribution is 2.31. The van der Waals surface area contributed by atoms with Crippen LogP contribution in [0.15, 0.2) is 40.9 Å².